The van der Waals surface area contributed by atoms with Crippen molar-refractivity contribution >= 4 is 16.8 Å². The molecule has 2 rings (SSSR count). The summed E-state index contributed by atoms with van der Waals surface area (Å²) in [5, 5.41) is 3.00. The molecule has 2 atom stereocenters. The Morgan fingerprint density at radius 1 is 1.43 bits per heavy atom. The van der Waals surface area contributed by atoms with Crippen LogP contribution in [-0.2, 0) is 21.3 Å². The summed E-state index contributed by atoms with van der Waals surface area (Å²) in [5.41, 5.74) is 6.87. The first-order valence-electron chi connectivity index (χ1n) is 7.28. The summed E-state index contributed by atoms with van der Waals surface area (Å²) in [6.07, 6.45) is 2.36. The van der Waals surface area contributed by atoms with Gasteiger partial charge < -0.3 is 15.8 Å². The molecule has 5 nitrogen and oxygen atoms in total. The Labute approximate surface area is 128 Å². The molecule has 6 heteroatoms. The van der Waals surface area contributed by atoms with Gasteiger partial charge in [0.25, 0.3) is 0 Å². The topological polar surface area (TPSA) is 76.7 Å². The maximum Gasteiger partial charge on any atom is 0.188 e. The molecule has 0 amide bonds. The Hall–Kier alpha value is -1.40. The molecular weight excluding hydrogens is 286 g/mol. The number of guanidine groups is 1. The van der Waals surface area contributed by atoms with Gasteiger partial charge in [0.15, 0.2) is 5.96 Å². The van der Waals surface area contributed by atoms with Crippen LogP contribution in [0.4, 0.5) is 0 Å². The first-order chi connectivity index (χ1) is 10.2. The average molecular weight is 309 g/mol. The second-order valence-corrected chi connectivity index (χ2v) is 6.64. The fourth-order valence-corrected chi connectivity index (χ4v) is 3.21. The molecule has 1 fully saturated rings. The van der Waals surface area contributed by atoms with Gasteiger partial charge in [0.2, 0.25) is 0 Å². The van der Waals surface area contributed by atoms with Gasteiger partial charge in [-0.15, -0.1) is 0 Å². The quantitative estimate of drug-likeness (QED) is 0.582. The molecule has 116 valence electrons. The fraction of sp³-hybridized carbons (Fsp3) is 0.533. The van der Waals surface area contributed by atoms with Gasteiger partial charge in [-0.2, -0.15) is 0 Å². The van der Waals surface area contributed by atoms with Gasteiger partial charge in [-0.05, 0) is 18.4 Å². The molecule has 1 aliphatic rings. The van der Waals surface area contributed by atoms with Gasteiger partial charge in [-0.3, -0.25) is 9.20 Å². The zero-order valence-electron chi connectivity index (χ0n) is 12.2. The lowest BCUT2D eigenvalue weighted by atomic mass is 10.2. The summed E-state index contributed by atoms with van der Waals surface area (Å²) in [6, 6.07) is 9.85. The number of benzene rings is 1. The molecule has 1 aromatic rings. The summed E-state index contributed by atoms with van der Waals surface area (Å²) in [7, 11) is -0.891. The van der Waals surface area contributed by atoms with Crippen LogP contribution in [0, 0.1) is 0 Å². The van der Waals surface area contributed by atoms with Crippen molar-refractivity contribution in [2.45, 2.75) is 24.7 Å². The highest BCUT2D eigenvalue weighted by Gasteiger charge is 2.14. The molecule has 0 aromatic heterocycles. The van der Waals surface area contributed by atoms with Crippen molar-refractivity contribution in [2.75, 3.05) is 25.4 Å². The first-order valence-corrected chi connectivity index (χ1v) is 8.77. The van der Waals surface area contributed by atoms with Crippen molar-refractivity contribution in [1.82, 2.24) is 5.32 Å². The minimum Gasteiger partial charge on any atom is -0.376 e. The molecule has 1 heterocycles. The molecule has 3 N–H and O–H groups in total. The van der Waals surface area contributed by atoms with Gasteiger partial charge in [0.1, 0.15) is 0 Å². The molecular formula is C15H23N3O2S. The maximum absolute atomic E-state index is 11.9. The molecule has 1 aliphatic heterocycles. The van der Waals surface area contributed by atoms with Crippen LogP contribution in [0.2, 0.25) is 0 Å². The van der Waals surface area contributed by atoms with Crippen molar-refractivity contribution in [2.24, 2.45) is 10.7 Å². The smallest absolute Gasteiger partial charge is 0.188 e. The third-order valence-electron chi connectivity index (χ3n) is 3.30. The summed E-state index contributed by atoms with van der Waals surface area (Å²) < 4.78 is 17.4. The zero-order chi connectivity index (χ0) is 14.9. The molecule has 0 radical (unpaired) electrons. The molecule has 0 spiro atoms. The van der Waals surface area contributed by atoms with Crippen LogP contribution < -0.4 is 11.1 Å². The number of nitrogens with two attached hydrogens (primary N) is 1. The van der Waals surface area contributed by atoms with Gasteiger partial charge in [-0.1, -0.05) is 30.3 Å². The van der Waals surface area contributed by atoms with Crippen LogP contribution in [0.1, 0.15) is 18.4 Å². The Bertz CT molecular complexity index is 473. The van der Waals surface area contributed by atoms with Crippen molar-refractivity contribution in [1.29, 1.82) is 0 Å². The molecule has 2 unspecified atom stereocenters. The lowest BCUT2D eigenvalue weighted by Gasteiger charge is -2.08. The van der Waals surface area contributed by atoms with Crippen LogP contribution in [0.15, 0.2) is 35.3 Å². The molecule has 0 saturated carbocycles. The largest absolute Gasteiger partial charge is 0.376 e. The second kappa shape index (κ2) is 8.79. The van der Waals surface area contributed by atoms with E-state index in [1.54, 1.807) is 0 Å². The van der Waals surface area contributed by atoms with E-state index in [2.05, 4.69) is 10.3 Å². The Kier molecular flexibility index (Phi) is 6.69. The van der Waals surface area contributed by atoms with Gasteiger partial charge in [-0.25, -0.2) is 0 Å². The lowest BCUT2D eigenvalue weighted by Crippen LogP contribution is -2.35. The van der Waals surface area contributed by atoms with Crippen molar-refractivity contribution < 1.29 is 8.95 Å². The van der Waals surface area contributed by atoms with Crippen molar-refractivity contribution in [3.63, 3.8) is 0 Å². The number of rotatable bonds is 7. The van der Waals surface area contributed by atoms with E-state index in [1.165, 1.54) is 0 Å². The number of nitrogens with one attached hydrogen (secondary N) is 1. The van der Waals surface area contributed by atoms with Crippen molar-refractivity contribution in [3.8, 4) is 0 Å². The van der Waals surface area contributed by atoms with Gasteiger partial charge >= 0.3 is 0 Å². The summed E-state index contributed by atoms with van der Waals surface area (Å²) >= 11 is 0. The van der Waals surface area contributed by atoms with E-state index in [9.17, 15) is 4.21 Å². The van der Waals surface area contributed by atoms with E-state index in [-0.39, 0.29) is 6.10 Å². The van der Waals surface area contributed by atoms with Gasteiger partial charge in [0.05, 0.1) is 12.6 Å². The van der Waals surface area contributed by atoms with Crippen LogP contribution in [0.5, 0.6) is 0 Å². The number of ether oxygens (including phenoxy) is 1. The standard InChI is InChI=1S/C15H23N3O2S/c16-15(18-11-14-7-4-9-20-14)17-8-10-21(19)12-13-5-2-1-3-6-13/h1-3,5-6,14H,4,7-12H2,(H3,16,17,18). The normalized spacial score (nSPS) is 20.4. The summed E-state index contributed by atoms with van der Waals surface area (Å²) in [5.74, 6) is 1.54. The number of nitrogens with zero attached hydrogens (tertiary/aromatic N) is 1. The molecule has 0 bridgehead atoms. The first kappa shape index (κ1) is 16.0. The molecule has 0 aliphatic carbocycles. The number of aliphatic imine (C=N–C) groups is 1. The molecule has 1 saturated heterocycles. The third kappa shape index (κ3) is 6.27. The van der Waals surface area contributed by atoms with E-state index in [0.717, 1.165) is 25.0 Å². The van der Waals surface area contributed by atoms with E-state index in [0.29, 0.717) is 30.6 Å². The van der Waals surface area contributed by atoms with E-state index < -0.39 is 10.8 Å². The van der Waals surface area contributed by atoms with E-state index in [4.69, 9.17) is 10.5 Å². The number of hydrogen-bond donors (Lipinski definition) is 2. The van der Waals surface area contributed by atoms with Crippen LogP contribution >= 0.6 is 0 Å². The molecule has 21 heavy (non-hydrogen) atoms. The summed E-state index contributed by atoms with van der Waals surface area (Å²) in [4.78, 5) is 4.25. The Morgan fingerprint density at radius 2 is 2.24 bits per heavy atom. The lowest BCUT2D eigenvalue weighted by molar-refractivity contribution is 0.118. The average Bonchev–Trinajstić information content (AvgIpc) is 2.99. The van der Waals surface area contributed by atoms with E-state index >= 15 is 0 Å². The predicted octanol–water partition coefficient (Wildman–Crippen LogP) is 1.02. The predicted molar refractivity (Wildman–Crippen MR) is 86.6 cm³/mol. The third-order valence-corrected chi connectivity index (χ3v) is 4.61. The van der Waals surface area contributed by atoms with Crippen molar-refractivity contribution in [3.05, 3.63) is 35.9 Å². The van der Waals surface area contributed by atoms with Crippen LogP contribution in [0.3, 0.4) is 0 Å². The zero-order valence-corrected chi connectivity index (χ0v) is 13.0. The number of hydrogen-bond acceptors (Lipinski definition) is 3. The molecule has 1 aromatic carbocycles. The highest BCUT2D eigenvalue weighted by atomic mass is 32.2. The Morgan fingerprint density at radius 3 is 2.95 bits per heavy atom. The Balaban J connectivity index is 1.61. The minimum atomic E-state index is -0.891. The van der Waals surface area contributed by atoms with Gasteiger partial charge in [0, 0.05) is 35.5 Å². The minimum absolute atomic E-state index is 0.206. The van der Waals surface area contributed by atoms with Crippen LogP contribution in [0.25, 0.3) is 0 Å². The highest BCUT2D eigenvalue weighted by Crippen LogP contribution is 2.11. The summed E-state index contributed by atoms with van der Waals surface area (Å²) in [6.45, 7) is 2.00. The SMILES string of the molecule is NC(=NCC1CCCO1)NCCS(=O)Cc1ccccc1. The van der Waals surface area contributed by atoms with Crippen LogP contribution in [-0.4, -0.2) is 41.7 Å². The second-order valence-electron chi connectivity index (χ2n) is 5.06. The monoisotopic (exact) mass is 309 g/mol. The maximum atomic E-state index is 11.9. The fourth-order valence-electron chi connectivity index (χ4n) is 2.17. The van der Waals surface area contributed by atoms with E-state index in [1.807, 2.05) is 30.3 Å². The highest BCUT2D eigenvalue weighted by molar-refractivity contribution is 7.84.